The average Bonchev–Trinajstić information content (AvgIpc) is 3.52. The number of phenols is 1. The number of likely N-dealkylation sites (tertiary alicyclic amines) is 2. The monoisotopic (exact) mass is 504 g/mol. The molecule has 2 heterocycles. The van der Waals surface area contributed by atoms with Gasteiger partial charge in [0.1, 0.15) is 23.9 Å². The van der Waals surface area contributed by atoms with E-state index in [1.165, 1.54) is 21.9 Å². The molecule has 0 bridgehead atoms. The lowest BCUT2D eigenvalue weighted by Gasteiger charge is -2.30. The van der Waals surface area contributed by atoms with Gasteiger partial charge in [0, 0.05) is 19.5 Å². The molecule has 4 atom stereocenters. The lowest BCUT2D eigenvalue weighted by molar-refractivity contribution is -0.150. The molecule has 1 aromatic rings. The lowest BCUT2D eigenvalue weighted by Crippen LogP contribution is -2.56. The summed E-state index contributed by atoms with van der Waals surface area (Å²) in [7, 11) is 0. The van der Waals surface area contributed by atoms with E-state index >= 15 is 0 Å². The molecule has 1 aromatic carbocycles. The van der Waals surface area contributed by atoms with E-state index in [2.05, 4.69) is 5.32 Å². The highest BCUT2D eigenvalue weighted by Gasteiger charge is 2.41. The van der Waals surface area contributed by atoms with Gasteiger partial charge in [0.05, 0.1) is 6.04 Å². The Balaban J connectivity index is 1.69. The zero-order chi connectivity index (χ0) is 26.4. The normalized spacial score (nSPS) is 21.1. The number of aromatic hydroxyl groups is 1. The molecule has 12 heteroatoms. The quantitative estimate of drug-likeness (QED) is 0.284. The maximum Gasteiger partial charge on any atom is 0.326 e. The summed E-state index contributed by atoms with van der Waals surface area (Å²) in [5, 5.41) is 30.5. The number of benzene rings is 1. The fraction of sp³-hybridized carbons (Fsp3) is 0.542. The number of carboxylic acids is 2. The fourth-order valence-corrected chi connectivity index (χ4v) is 4.77. The molecule has 2 aliphatic heterocycles. The molecule has 2 fully saturated rings. The van der Waals surface area contributed by atoms with E-state index in [0.29, 0.717) is 25.8 Å². The maximum atomic E-state index is 13.2. The van der Waals surface area contributed by atoms with Gasteiger partial charge in [-0.05, 0) is 56.2 Å². The van der Waals surface area contributed by atoms with Gasteiger partial charge in [-0.2, -0.15) is 0 Å². The van der Waals surface area contributed by atoms with Crippen molar-refractivity contribution in [3.8, 4) is 5.75 Å². The Bertz CT molecular complexity index is 998. The summed E-state index contributed by atoms with van der Waals surface area (Å²) in [5.41, 5.74) is 6.86. The van der Waals surface area contributed by atoms with Gasteiger partial charge < -0.3 is 36.2 Å². The number of nitrogens with one attached hydrogen (secondary N) is 1. The van der Waals surface area contributed by atoms with Crippen LogP contribution in [-0.4, -0.2) is 92.0 Å². The van der Waals surface area contributed by atoms with Crippen LogP contribution in [0.1, 0.15) is 44.1 Å². The van der Waals surface area contributed by atoms with Crippen molar-refractivity contribution in [3.63, 3.8) is 0 Å². The second-order valence-electron chi connectivity index (χ2n) is 9.19. The zero-order valence-electron chi connectivity index (χ0n) is 19.8. The number of amides is 3. The summed E-state index contributed by atoms with van der Waals surface area (Å²) in [4.78, 5) is 64.5. The number of aliphatic carboxylic acids is 2. The molecule has 36 heavy (non-hydrogen) atoms. The van der Waals surface area contributed by atoms with Gasteiger partial charge >= 0.3 is 11.9 Å². The highest BCUT2D eigenvalue weighted by Crippen LogP contribution is 2.22. The van der Waals surface area contributed by atoms with Crippen molar-refractivity contribution in [3.05, 3.63) is 29.8 Å². The fourth-order valence-electron chi connectivity index (χ4n) is 4.77. The molecule has 3 amide bonds. The Morgan fingerprint density at radius 2 is 1.53 bits per heavy atom. The van der Waals surface area contributed by atoms with E-state index in [1.54, 1.807) is 12.1 Å². The van der Waals surface area contributed by atoms with E-state index < -0.39 is 60.2 Å². The SMILES string of the molecule is NC(Cc1ccc(O)cc1)C(=O)N1CCCC1C(=O)NC(CCC(=O)O)C(=O)N1CCCC1C(=O)O. The van der Waals surface area contributed by atoms with Gasteiger partial charge in [-0.1, -0.05) is 12.1 Å². The van der Waals surface area contributed by atoms with Crippen LogP contribution in [0.3, 0.4) is 0 Å². The Labute approximate surface area is 208 Å². The lowest BCUT2D eigenvalue weighted by atomic mass is 10.0. The summed E-state index contributed by atoms with van der Waals surface area (Å²) < 4.78 is 0. The first-order valence-corrected chi connectivity index (χ1v) is 12.0. The maximum absolute atomic E-state index is 13.2. The number of hydrogen-bond acceptors (Lipinski definition) is 7. The van der Waals surface area contributed by atoms with Crippen molar-refractivity contribution in [1.29, 1.82) is 0 Å². The number of nitrogens with two attached hydrogens (primary N) is 1. The molecule has 0 radical (unpaired) electrons. The van der Waals surface area contributed by atoms with E-state index in [1.807, 2.05) is 0 Å². The van der Waals surface area contributed by atoms with Crippen LogP contribution < -0.4 is 11.1 Å². The van der Waals surface area contributed by atoms with Crippen LogP contribution in [0.4, 0.5) is 0 Å². The van der Waals surface area contributed by atoms with Gasteiger partial charge in [0.15, 0.2) is 0 Å². The number of nitrogens with zero attached hydrogens (tertiary/aromatic N) is 2. The van der Waals surface area contributed by atoms with Crippen molar-refractivity contribution in [1.82, 2.24) is 15.1 Å². The Morgan fingerprint density at radius 3 is 2.11 bits per heavy atom. The molecule has 4 unspecified atom stereocenters. The second-order valence-corrected chi connectivity index (χ2v) is 9.19. The van der Waals surface area contributed by atoms with Gasteiger partial charge in [-0.25, -0.2) is 4.79 Å². The summed E-state index contributed by atoms with van der Waals surface area (Å²) in [5.74, 6) is -3.90. The predicted molar refractivity (Wildman–Crippen MR) is 126 cm³/mol. The van der Waals surface area contributed by atoms with Crippen molar-refractivity contribution in [2.75, 3.05) is 13.1 Å². The zero-order valence-corrected chi connectivity index (χ0v) is 19.8. The first-order valence-electron chi connectivity index (χ1n) is 12.0. The molecule has 0 aromatic heterocycles. The first kappa shape index (κ1) is 26.9. The number of carboxylic acid groups (broad SMARTS) is 2. The number of carbonyl (C=O) groups excluding carboxylic acids is 3. The van der Waals surface area contributed by atoms with Crippen LogP contribution in [0.25, 0.3) is 0 Å². The van der Waals surface area contributed by atoms with Crippen LogP contribution in [0.2, 0.25) is 0 Å². The molecular formula is C24H32N4O8. The minimum absolute atomic E-state index is 0.0885. The largest absolute Gasteiger partial charge is 0.508 e. The van der Waals surface area contributed by atoms with Gasteiger partial charge in [-0.15, -0.1) is 0 Å². The summed E-state index contributed by atoms with van der Waals surface area (Å²) >= 11 is 0. The van der Waals surface area contributed by atoms with Gasteiger partial charge in [0.2, 0.25) is 17.7 Å². The van der Waals surface area contributed by atoms with Crippen LogP contribution >= 0.6 is 0 Å². The first-order chi connectivity index (χ1) is 17.1. The van der Waals surface area contributed by atoms with E-state index in [4.69, 9.17) is 10.8 Å². The topological polar surface area (TPSA) is 191 Å². The molecule has 0 saturated carbocycles. The third-order valence-electron chi connectivity index (χ3n) is 6.63. The van der Waals surface area contributed by atoms with Gasteiger partial charge in [-0.3, -0.25) is 19.2 Å². The summed E-state index contributed by atoms with van der Waals surface area (Å²) in [6, 6.07) is 2.23. The van der Waals surface area contributed by atoms with Crippen LogP contribution in [-0.2, 0) is 30.4 Å². The van der Waals surface area contributed by atoms with Crippen LogP contribution in [0, 0.1) is 0 Å². The smallest absolute Gasteiger partial charge is 0.326 e. The highest BCUT2D eigenvalue weighted by atomic mass is 16.4. The molecule has 196 valence electrons. The molecule has 6 N–H and O–H groups in total. The molecule has 2 aliphatic rings. The minimum Gasteiger partial charge on any atom is -0.508 e. The Morgan fingerprint density at radius 1 is 0.944 bits per heavy atom. The third-order valence-corrected chi connectivity index (χ3v) is 6.63. The molecule has 2 saturated heterocycles. The second kappa shape index (κ2) is 11.8. The van der Waals surface area contributed by atoms with Crippen molar-refractivity contribution in [2.45, 2.75) is 69.1 Å². The highest BCUT2D eigenvalue weighted by molar-refractivity contribution is 5.94. The Hall–Kier alpha value is -3.67. The van der Waals surface area contributed by atoms with Crippen molar-refractivity contribution < 1.29 is 39.3 Å². The minimum atomic E-state index is -1.23. The van der Waals surface area contributed by atoms with Gasteiger partial charge in [0.25, 0.3) is 0 Å². The average molecular weight is 505 g/mol. The van der Waals surface area contributed by atoms with Crippen LogP contribution in [0.15, 0.2) is 24.3 Å². The molecular weight excluding hydrogens is 472 g/mol. The van der Waals surface area contributed by atoms with E-state index in [0.717, 1.165) is 5.56 Å². The molecule has 3 rings (SSSR count). The number of rotatable bonds is 10. The number of phenolic OH excluding ortho intramolecular Hbond substituents is 1. The third kappa shape index (κ3) is 6.51. The number of carbonyl (C=O) groups is 5. The van der Waals surface area contributed by atoms with Crippen molar-refractivity contribution >= 4 is 29.7 Å². The Kier molecular flexibility index (Phi) is 8.86. The van der Waals surface area contributed by atoms with E-state index in [9.17, 15) is 34.2 Å². The molecule has 0 aliphatic carbocycles. The van der Waals surface area contributed by atoms with Crippen LogP contribution in [0.5, 0.6) is 5.75 Å². The predicted octanol–water partition coefficient (Wildman–Crippen LogP) is -0.322. The number of hydrogen-bond donors (Lipinski definition) is 5. The summed E-state index contributed by atoms with van der Waals surface area (Å²) in [6.07, 6.45) is 1.28. The van der Waals surface area contributed by atoms with E-state index in [-0.39, 0.29) is 31.6 Å². The standard InChI is InChI=1S/C24H32N4O8/c25-16(13-14-5-7-15(29)8-6-14)22(33)27-11-1-3-18(27)21(32)26-17(9-10-20(30)31)23(34)28-12-2-4-19(28)24(35)36/h5-8,16-19,29H,1-4,9-13,25H2,(H,26,32)(H,30,31)(H,35,36). The molecule has 0 spiro atoms. The summed E-state index contributed by atoms with van der Waals surface area (Å²) in [6.45, 7) is 0.510. The van der Waals surface area contributed by atoms with Crippen molar-refractivity contribution in [2.24, 2.45) is 5.73 Å². The molecule has 12 nitrogen and oxygen atoms in total.